The Morgan fingerprint density at radius 2 is 1.75 bits per heavy atom. The molecular formula is C19H17N7O2. The third-order valence-corrected chi connectivity index (χ3v) is 4.50. The van der Waals surface area contributed by atoms with E-state index in [-0.39, 0.29) is 23.5 Å². The number of benzene rings is 2. The van der Waals surface area contributed by atoms with Crippen molar-refractivity contribution in [3.05, 3.63) is 75.8 Å². The van der Waals surface area contributed by atoms with E-state index in [4.69, 9.17) is 11.5 Å². The number of anilines is 3. The molecule has 2 aromatic carbocycles. The molecule has 0 spiro atoms. The third kappa shape index (κ3) is 3.32. The van der Waals surface area contributed by atoms with Gasteiger partial charge in [0.15, 0.2) is 11.6 Å². The maximum Gasteiger partial charge on any atom is 0.269 e. The van der Waals surface area contributed by atoms with Gasteiger partial charge in [-0.25, -0.2) is 4.99 Å². The third-order valence-electron chi connectivity index (χ3n) is 4.50. The van der Waals surface area contributed by atoms with E-state index in [0.29, 0.717) is 17.9 Å². The summed E-state index contributed by atoms with van der Waals surface area (Å²) in [7, 11) is 0. The normalized spacial score (nSPS) is 15.7. The lowest BCUT2D eigenvalue weighted by Gasteiger charge is -2.18. The van der Waals surface area contributed by atoms with Crippen molar-refractivity contribution in [1.29, 1.82) is 0 Å². The summed E-state index contributed by atoms with van der Waals surface area (Å²) in [6, 6.07) is 16.0. The van der Waals surface area contributed by atoms with Gasteiger partial charge in [0.05, 0.1) is 16.7 Å². The minimum absolute atomic E-state index is 0.0201. The summed E-state index contributed by atoms with van der Waals surface area (Å²) in [5.74, 6) is 0.684. The predicted molar refractivity (Wildman–Crippen MR) is 108 cm³/mol. The molecule has 0 saturated heterocycles. The summed E-state index contributed by atoms with van der Waals surface area (Å²) in [6.45, 7) is 0. The van der Waals surface area contributed by atoms with E-state index in [1.165, 1.54) is 12.1 Å². The highest BCUT2D eigenvalue weighted by atomic mass is 16.6. The summed E-state index contributed by atoms with van der Waals surface area (Å²) >= 11 is 0. The smallest absolute Gasteiger partial charge is 0.269 e. The summed E-state index contributed by atoms with van der Waals surface area (Å²) in [5, 5.41) is 14.3. The van der Waals surface area contributed by atoms with Crippen molar-refractivity contribution in [2.45, 2.75) is 12.5 Å². The van der Waals surface area contributed by atoms with Crippen LogP contribution in [0.2, 0.25) is 0 Å². The number of rotatable bonds is 3. The topological polar surface area (TPSA) is 145 Å². The van der Waals surface area contributed by atoms with Crippen LogP contribution in [0.15, 0.2) is 59.6 Å². The lowest BCUT2D eigenvalue weighted by molar-refractivity contribution is -0.384. The molecule has 28 heavy (non-hydrogen) atoms. The molecule has 1 aliphatic heterocycles. The van der Waals surface area contributed by atoms with Crippen molar-refractivity contribution in [1.82, 2.24) is 9.97 Å². The highest BCUT2D eigenvalue weighted by Crippen LogP contribution is 2.37. The number of hydrogen-bond acceptors (Lipinski definition) is 8. The van der Waals surface area contributed by atoms with Gasteiger partial charge in [-0.15, -0.1) is 0 Å². The molecule has 0 amide bonds. The van der Waals surface area contributed by atoms with Gasteiger partial charge >= 0.3 is 0 Å². The molecule has 1 aliphatic rings. The molecule has 1 atom stereocenters. The Morgan fingerprint density at radius 1 is 1.04 bits per heavy atom. The maximum absolute atomic E-state index is 10.9. The minimum atomic E-state index is -0.434. The molecule has 4 rings (SSSR count). The Morgan fingerprint density at radius 3 is 2.43 bits per heavy atom. The molecule has 140 valence electrons. The Hall–Kier alpha value is -4.01. The van der Waals surface area contributed by atoms with Crippen LogP contribution in [0.4, 0.5) is 29.0 Å². The number of nitrogens with zero attached hydrogens (tertiary/aromatic N) is 4. The molecule has 0 saturated carbocycles. The van der Waals surface area contributed by atoms with Gasteiger partial charge in [0, 0.05) is 18.6 Å². The van der Waals surface area contributed by atoms with Crippen LogP contribution in [0.25, 0.3) is 0 Å². The SMILES string of the molecule is Nc1nc(N)c2c(n1)NC(c1ccccc1)CC(c1ccc([N+](=O)[O-])cc1)=N2. The van der Waals surface area contributed by atoms with Crippen LogP contribution in [0.1, 0.15) is 23.6 Å². The number of nitrogens with two attached hydrogens (primary N) is 2. The second-order valence-electron chi connectivity index (χ2n) is 6.34. The number of aromatic nitrogens is 2. The molecule has 0 radical (unpaired) electrons. The molecule has 0 aliphatic carbocycles. The van der Waals surface area contributed by atoms with E-state index in [1.807, 2.05) is 30.3 Å². The van der Waals surface area contributed by atoms with Crippen molar-refractivity contribution in [3.63, 3.8) is 0 Å². The molecule has 2 heterocycles. The molecule has 9 nitrogen and oxygen atoms in total. The van der Waals surface area contributed by atoms with Crippen LogP contribution in [0, 0.1) is 10.1 Å². The van der Waals surface area contributed by atoms with Gasteiger partial charge in [-0.3, -0.25) is 10.1 Å². The second kappa shape index (κ2) is 6.95. The molecule has 1 unspecified atom stereocenters. The number of aliphatic imine (C=N–C) groups is 1. The van der Waals surface area contributed by atoms with E-state index >= 15 is 0 Å². The number of nitro groups is 1. The van der Waals surface area contributed by atoms with Crippen molar-refractivity contribution < 1.29 is 4.92 Å². The summed E-state index contributed by atoms with van der Waals surface area (Å²) in [5.41, 5.74) is 14.7. The van der Waals surface area contributed by atoms with Gasteiger partial charge in [0.2, 0.25) is 5.95 Å². The molecule has 3 aromatic rings. The average Bonchev–Trinajstić information content (AvgIpc) is 2.89. The lowest BCUT2D eigenvalue weighted by Crippen LogP contribution is -2.15. The van der Waals surface area contributed by atoms with Crippen molar-refractivity contribution in [2.24, 2.45) is 4.99 Å². The monoisotopic (exact) mass is 375 g/mol. The number of fused-ring (bicyclic) bond motifs is 1. The first-order valence-electron chi connectivity index (χ1n) is 8.58. The van der Waals surface area contributed by atoms with Gasteiger partial charge in [-0.1, -0.05) is 30.3 Å². The van der Waals surface area contributed by atoms with Gasteiger partial charge in [0.25, 0.3) is 5.69 Å². The molecule has 0 fully saturated rings. The fourth-order valence-electron chi connectivity index (χ4n) is 3.14. The zero-order valence-electron chi connectivity index (χ0n) is 14.7. The largest absolute Gasteiger partial charge is 0.382 e. The summed E-state index contributed by atoms with van der Waals surface area (Å²) in [6.07, 6.45) is 0.525. The quantitative estimate of drug-likeness (QED) is 0.470. The number of hydrogen-bond donors (Lipinski definition) is 3. The zero-order chi connectivity index (χ0) is 19.7. The van der Waals surface area contributed by atoms with Gasteiger partial charge < -0.3 is 16.8 Å². The van der Waals surface area contributed by atoms with Crippen LogP contribution in [-0.2, 0) is 0 Å². The Balaban J connectivity index is 1.83. The van der Waals surface area contributed by atoms with E-state index in [1.54, 1.807) is 12.1 Å². The highest BCUT2D eigenvalue weighted by molar-refractivity contribution is 6.04. The van der Waals surface area contributed by atoms with Crippen LogP contribution < -0.4 is 16.8 Å². The van der Waals surface area contributed by atoms with Crippen LogP contribution in [0.5, 0.6) is 0 Å². The molecular weight excluding hydrogens is 358 g/mol. The lowest BCUT2D eigenvalue weighted by atomic mass is 9.97. The maximum atomic E-state index is 10.9. The fraction of sp³-hybridized carbons (Fsp3) is 0.105. The Bertz CT molecular complexity index is 1070. The number of non-ortho nitro benzene ring substituents is 1. The van der Waals surface area contributed by atoms with Gasteiger partial charge in [0.1, 0.15) is 5.69 Å². The summed E-state index contributed by atoms with van der Waals surface area (Å²) < 4.78 is 0. The van der Waals surface area contributed by atoms with E-state index < -0.39 is 4.92 Å². The van der Waals surface area contributed by atoms with Crippen LogP contribution in [0.3, 0.4) is 0 Å². The highest BCUT2D eigenvalue weighted by Gasteiger charge is 2.24. The zero-order valence-corrected chi connectivity index (χ0v) is 14.7. The van der Waals surface area contributed by atoms with E-state index in [9.17, 15) is 10.1 Å². The predicted octanol–water partition coefficient (Wildman–Crippen LogP) is 3.23. The standard InChI is InChI=1S/C19H17N7O2/c20-17-16-18(25-19(21)24-17)23-15(11-4-2-1-3-5-11)10-14(22-16)12-6-8-13(9-7-12)26(27)28/h1-9,15H,10H2,(H5,20,21,23,24,25). The van der Waals surface area contributed by atoms with Crippen LogP contribution in [-0.4, -0.2) is 20.6 Å². The number of nitrogen functional groups attached to an aromatic ring is 2. The second-order valence-corrected chi connectivity index (χ2v) is 6.34. The summed E-state index contributed by atoms with van der Waals surface area (Å²) in [4.78, 5) is 23.4. The van der Waals surface area contributed by atoms with Gasteiger partial charge in [-0.2, -0.15) is 9.97 Å². The molecule has 9 heteroatoms. The first-order valence-corrected chi connectivity index (χ1v) is 8.58. The van der Waals surface area contributed by atoms with Crippen LogP contribution >= 0.6 is 0 Å². The first-order chi connectivity index (χ1) is 13.5. The van der Waals surface area contributed by atoms with Crippen molar-refractivity contribution in [2.75, 3.05) is 16.8 Å². The van der Waals surface area contributed by atoms with Gasteiger partial charge in [-0.05, 0) is 23.3 Å². The van der Waals surface area contributed by atoms with E-state index in [0.717, 1.165) is 16.8 Å². The molecule has 1 aromatic heterocycles. The molecule has 5 N–H and O–H groups in total. The minimum Gasteiger partial charge on any atom is -0.382 e. The van der Waals surface area contributed by atoms with Crippen molar-refractivity contribution in [3.8, 4) is 0 Å². The Kier molecular flexibility index (Phi) is 4.32. The fourth-order valence-corrected chi connectivity index (χ4v) is 3.14. The molecule has 0 bridgehead atoms. The Labute approximate surface area is 160 Å². The number of nitro benzene ring substituents is 1. The first kappa shape index (κ1) is 17.4. The number of nitrogens with one attached hydrogen (secondary N) is 1. The van der Waals surface area contributed by atoms with E-state index in [2.05, 4.69) is 20.3 Å². The average molecular weight is 375 g/mol. The van der Waals surface area contributed by atoms with Crippen molar-refractivity contribution >= 4 is 34.7 Å².